The fourth-order valence-electron chi connectivity index (χ4n) is 2.42. The number of hydrogen-bond donors (Lipinski definition) is 0. The lowest BCUT2D eigenvalue weighted by Crippen LogP contribution is -2.30. The average Bonchev–Trinajstić information content (AvgIpc) is 2.62. The minimum Gasteiger partial charge on any atom is -0.304 e. The van der Waals surface area contributed by atoms with E-state index in [2.05, 4.69) is 38.5 Å². The van der Waals surface area contributed by atoms with Crippen LogP contribution in [0.1, 0.15) is 15.9 Å². The van der Waals surface area contributed by atoms with Gasteiger partial charge in [0.1, 0.15) is 5.82 Å². The molecule has 3 aromatic rings. The first kappa shape index (κ1) is 18.1. The van der Waals surface area contributed by atoms with Crippen LogP contribution in [0.25, 0.3) is 0 Å². The Kier molecular flexibility index (Phi) is 5.86. The Bertz CT molecular complexity index is 864. The first-order valence-corrected chi connectivity index (χ1v) is 9.47. The fraction of sp³-hybridized carbons (Fsp3) is 0.0500. The summed E-state index contributed by atoms with van der Waals surface area (Å²) < 4.78 is 15.3. The zero-order valence-electron chi connectivity index (χ0n) is 13.1. The third-order valence-corrected chi connectivity index (χ3v) is 4.98. The SMILES string of the molecule is O=C(c1ccc(F)cc1)N(Cc1ccc(Br)cc1)c1ccc(I)cc1. The Morgan fingerprint density at radius 2 is 1.52 bits per heavy atom. The van der Waals surface area contributed by atoms with Crippen LogP contribution in [0.4, 0.5) is 10.1 Å². The Morgan fingerprint density at radius 1 is 0.920 bits per heavy atom. The fourth-order valence-corrected chi connectivity index (χ4v) is 3.05. The molecule has 0 fully saturated rings. The predicted octanol–water partition coefficient (Wildman–Crippen LogP) is 6.04. The Labute approximate surface area is 167 Å². The zero-order chi connectivity index (χ0) is 17.8. The number of benzene rings is 3. The third kappa shape index (κ3) is 4.67. The molecular formula is C20H14BrFINO. The number of carbonyl (C=O) groups excluding carboxylic acids is 1. The van der Waals surface area contributed by atoms with Crippen molar-refractivity contribution in [2.45, 2.75) is 6.54 Å². The van der Waals surface area contributed by atoms with Crippen LogP contribution in [0.3, 0.4) is 0 Å². The molecule has 25 heavy (non-hydrogen) atoms. The highest BCUT2D eigenvalue weighted by Crippen LogP contribution is 2.22. The van der Waals surface area contributed by atoms with Crippen LogP contribution in [-0.4, -0.2) is 5.91 Å². The summed E-state index contributed by atoms with van der Waals surface area (Å²) in [6.07, 6.45) is 0. The first-order valence-electron chi connectivity index (χ1n) is 7.60. The Hall–Kier alpha value is -1.73. The summed E-state index contributed by atoms with van der Waals surface area (Å²) in [7, 11) is 0. The molecule has 1 amide bonds. The standard InChI is InChI=1S/C20H14BrFINO/c21-16-5-1-14(2-6-16)13-24(19-11-9-18(23)10-12-19)20(25)15-3-7-17(22)8-4-15/h1-12H,13H2. The summed E-state index contributed by atoms with van der Waals surface area (Å²) in [4.78, 5) is 14.7. The van der Waals surface area contributed by atoms with E-state index < -0.39 is 0 Å². The minimum atomic E-state index is -0.356. The number of nitrogens with zero attached hydrogens (tertiary/aromatic N) is 1. The van der Waals surface area contributed by atoms with Crippen molar-refractivity contribution in [2.24, 2.45) is 0 Å². The number of amides is 1. The van der Waals surface area contributed by atoms with Gasteiger partial charge in [-0.15, -0.1) is 0 Å². The van der Waals surface area contributed by atoms with E-state index in [0.717, 1.165) is 19.3 Å². The monoisotopic (exact) mass is 509 g/mol. The number of carbonyl (C=O) groups is 1. The molecule has 0 N–H and O–H groups in total. The van der Waals surface area contributed by atoms with E-state index >= 15 is 0 Å². The highest BCUT2D eigenvalue weighted by molar-refractivity contribution is 14.1. The Morgan fingerprint density at radius 3 is 2.12 bits per heavy atom. The average molecular weight is 510 g/mol. The topological polar surface area (TPSA) is 20.3 Å². The van der Waals surface area contributed by atoms with Gasteiger partial charge in [-0.25, -0.2) is 4.39 Å². The van der Waals surface area contributed by atoms with E-state index in [1.807, 2.05) is 48.5 Å². The quantitative estimate of drug-likeness (QED) is 0.393. The van der Waals surface area contributed by atoms with E-state index in [1.54, 1.807) is 4.90 Å². The second-order valence-corrected chi connectivity index (χ2v) is 7.66. The van der Waals surface area contributed by atoms with Crippen molar-refractivity contribution in [3.63, 3.8) is 0 Å². The number of hydrogen-bond acceptors (Lipinski definition) is 1. The maximum Gasteiger partial charge on any atom is 0.258 e. The van der Waals surface area contributed by atoms with Crippen LogP contribution in [0.15, 0.2) is 77.3 Å². The third-order valence-electron chi connectivity index (χ3n) is 3.73. The maximum absolute atomic E-state index is 13.2. The van der Waals surface area contributed by atoms with Crippen molar-refractivity contribution in [2.75, 3.05) is 4.90 Å². The van der Waals surface area contributed by atoms with Crippen LogP contribution in [0, 0.1) is 9.39 Å². The van der Waals surface area contributed by atoms with Gasteiger partial charge in [0.25, 0.3) is 5.91 Å². The van der Waals surface area contributed by atoms with Gasteiger partial charge in [-0.2, -0.15) is 0 Å². The molecule has 0 unspecified atom stereocenters. The molecule has 0 spiro atoms. The molecule has 0 atom stereocenters. The molecule has 5 heteroatoms. The lowest BCUT2D eigenvalue weighted by atomic mass is 10.1. The van der Waals surface area contributed by atoms with Crippen LogP contribution >= 0.6 is 38.5 Å². The second-order valence-electron chi connectivity index (χ2n) is 5.50. The number of anilines is 1. The van der Waals surface area contributed by atoms with Crippen molar-refractivity contribution in [1.82, 2.24) is 0 Å². The van der Waals surface area contributed by atoms with Gasteiger partial charge in [0.2, 0.25) is 0 Å². The van der Waals surface area contributed by atoms with Crippen molar-refractivity contribution < 1.29 is 9.18 Å². The van der Waals surface area contributed by atoms with Gasteiger partial charge in [-0.1, -0.05) is 28.1 Å². The van der Waals surface area contributed by atoms with E-state index in [-0.39, 0.29) is 11.7 Å². The molecule has 3 rings (SSSR count). The van der Waals surface area contributed by atoms with Crippen molar-refractivity contribution in [3.05, 3.63) is 97.8 Å². The van der Waals surface area contributed by atoms with Crippen LogP contribution < -0.4 is 4.90 Å². The minimum absolute atomic E-state index is 0.163. The van der Waals surface area contributed by atoms with Crippen LogP contribution in [0.5, 0.6) is 0 Å². The zero-order valence-corrected chi connectivity index (χ0v) is 16.9. The van der Waals surface area contributed by atoms with Crippen molar-refractivity contribution in [3.8, 4) is 0 Å². The molecule has 2 nitrogen and oxygen atoms in total. The molecule has 0 heterocycles. The molecule has 126 valence electrons. The van der Waals surface area contributed by atoms with Gasteiger partial charge in [-0.05, 0) is 88.8 Å². The molecule has 0 aromatic heterocycles. The number of halogens is 3. The summed E-state index contributed by atoms with van der Waals surface area (Å²) in [5.41, 5.74) is 2.27. The van der Waals surface area contributed by atoms with Gasteiger partial charge in [-0.3, -0.25) is 4.79 Å². The Balaban J connectivity index is 1.95. The molecule has 0 bridgehead atoms. The van der Waals surface area contributed by atoms with Gasteiger partial charge in [0.15, 0.2) is 0 Å². The van der Waals surface area contributed by atoms with Gasteiger partial charge >= 0.3 is 0 Å². The number of rotatable bonds is 4. The molecule has 0 aliphatic rings. The van der Waals surface area contributed by atoms with Crippen LogP contribution in [-0.2, 0) is 6.54 Å². The molecule has 0 saturated carbocycles. The highest BCUT2D eigenvalue weighted by Gasteiger charge is 2.18. The van der Waals surface area contributed by atoms with E-state index in [0.29, 0.717) is 12.1 Å². The summed E-state index contributed by atoms with van der Waals surface area (Å²) in [5, 5.41) is 0. The molecule has 3 aromatic carbocycles. The van der Waals surface area contributed by atoms with E-state index in [9.17, 15) is 9.18 Å². The molecular weight excluding hydrogens is 496 g/mol. The predicted molar refractivity (Wildman–Crippen MR) is 110 cm³/mol. The molecule has 0 aliphatic carbocycles. The van der Waals surface area contributed by atoms with Gasteiger partial charge in [0, 0.05) is 19.3 Å². The smallest absolute Gasteiger partial charge is 0.258 e. The van der Waals surface area contributed by atoms with Crippen LogP contribution in [0.2, 0.25) is 0 Å². The lowest BCUT2D eigenvalue weighted by Gasteiger charge is -2.23. The van der Waals surface area contributed by atoms with Crippen molar-refractivity contribution >= 4 is 50.1 Å². The van der Waals surface area contributed by atoms with Gasteiger partial charge in [0.05, 0.1) is 6.54 Å². The summed E-state index contributed by atoms with van der Waals surface area (Å²) in [5.74, 6) is -0.519. The summed E-state index contributed by atoms with van der Waals surface area (Å²) in [6, 6.07) is 21.2. The van der Waals surface area contributed by atoms with E-state index in [1.165, 1.54) is 24.3 Å². The largest absolute Gasteiger partial charge is 0.304 e. The highest BCUT2D eigenvalue weighted by atomic mass is 127. The first-order chi connectivity index (χ1) is 12.0. The summed E-state index contributed by atoms with van der Waals surface area (Å²) in [6.45, 7) is 0.435. The molecule has 0 radical (unpaired) electrons. The molecule has 0 aliphatic heterocycles. The van der Waals surface area contributed by atoms with Gasteiger partial charge < -0.3 is 4.90 Å². The van der Waals surface area contributed by atoms with E-state index in [4.69, 9.17) is 0 Å². The lowest BCUT2D eigenvalue weighted by molar-refractivity contribution is 0.0985. The normalized spacial score (nSPS) is 10.5. The summed E-state index contributed by atoms with van der Waals surface area (Å²) >= 11 is 5.65. The maximum atomic E-state index is 13.2. The van der Waals surface area contributed by atoms with Crippen molar-refractivity contribution in [1.29, 1.82) is 0 Å². The molecule has 0 saturated heterocycles. The second kappa shape index (κ2) is 8.10.